The first-order valence-electron chi connectivity index (χ1n) is 53.2. The van der Waals surface area contributed by atoms with Gasteiger partial charge in [-0.05, 0) is 164 Å². The Morgan fingerprint density at radius 2 is 0.588 bits per heavy atom. The van der Waals surface area contributed by atoms with Crippen LogP contribution in [0.4, 0.5) is 0 Å². The predicted octanol–water partition coefficient (Wildman–Crippen LogP) is 7.10. The molecule has 0 aliphatic carbocycles. The second-order valence-electron chi connectivity index (χ2n) is 42.1. The van der Waals surface area contributed by atoms with Crippen LogP contribution in [0.2, 0.25) is 0 Å². The molecule has 0 bridgehead atoms. The molecule has 0 aliphatic heterocycles. The maximum atomic E-state index is 14.2. The first-order chi connectivity index (χ1) is 69.5. The number of pyridine rings is 3. The number of hydrogen-bond donors (Lipinski definition) is 15. The van der Waals surface area contributed by atoms with Crippen LogP contribution in [0.5, 0.6) is 0 Å². The highest BCUT2D eigenvalue weighted by atomic mass is 16.5. The molecule has 3 heterocycles. The topological polar surface area (TPSA) is 527 Å². The van der Waals surface area contributed by atoms with Crippen molar-refractivity contribution in [3.8, 4) is 0 Å². The lowest BCUT2D eigenvalue weighted by molar-refractivity contribution is -0.605. The highest BCUT2D eigenvalue weighted by molar-refractivity contribution is 6.01. The highest BCUT2D eigenvalue weighted by Crippen LogP contribution is 2.23. The van der Waals surface area contributed by atoms with Gasteiger partial charge in [0.2, 0.25) is 70.9 Å². The molecule has 17 atom stereocenters. The van der Waals surface area contributed by atoms with Crippen molar-refractivity contribution in [2.24, 2.45) is 59.2 Å². The molecule has 1 aromatic carbocycles. The Morgan fingerprint density at radius 1 is 0.297 bits per heavy atom. The maximum absolute atomic E-state index is 14.2. The minimum atomic E-state index is -0.921. The second-order valence-corrected chi connectivity index (χ2v) is 42.1. The summed E-state index contributed by atoms with van der Waals surface area (Å²) in [5.74, 6) is -5.03. The monoisotopic (exact) mass is 2070 g/mol. The lowest BCUT2D eigenvalue weighted by Crippen LogP contribution is -2.58. The average Bonchev–Trinajstić information content (AvgIpc) is 0.804. The molecule has 15 amide bonds. The number of likely N-dealkylation sites (N-methyl/N-ethyl adjacent to an activating group) is 6. The number of hydrogen-bond acceptors (Lipinski definition) is 21. The molecular formula is C109H183N21O18. The third-order valence-corrected chi connectivity index (χ3v) is 25.8. The van der Waals surface area contributed by atoms with E-state index in [1.807, 2.05) is 197 Å². The van der Waals surface area contributed by atoms with Gasteiger partial charge in [0.15, 0.2) is 37.2 Å². The van der Waals surface area contributed by atoms with E-state index in [9.17, 15) is 87.5 Å². The molecule has 832 valence electrons. The summed E-state index contributed by atoms with van der Waals surface area (Å²) < 4.78 is 1.73. The zero-order chi connectivity index (χ0) is 112. The third-order valence-electron chi connectivity index (χ3n) is 25.8. The van der Waals surface area contributed by atoms with Gasteiger partial charge in [0.1, 0.15) is 54.4 Å². The Labute approximate surface area is 880 Å². The van der Waals surface area contributed by atoms with E-state index in [1.165, 1.54) is 88.3 Å². The van der Waals surface area contributed by atoms with Gasteiger partial charge < -0.3 is 110 Å². The fourth-order valence-electron chi connectivity index (χ4n) is 16.5. The molecule has 0 aliphatic rings. The molecule has 15 N–H and O–H groups in total. The van der Waals surface area contributed by atoms with Gasteiger partial charge in [-0.2, -0.15) is 14.2 Å². The van der Waals surface area contributed by atoms with Gasteiger partial charge >= 0.3 is 0 Å². The Hall–Kier alpha value is -12.0. The van der Waals surface area contributed by atoms with Crippen molar-refractivity contribution in [2.75, 3.05) is 60.4 Å². The Balaban J connectivity index is 0.000000751. The van der Waals surface area contributed by atoms with Crippen LogP contribution in [-0.2, 0) is 64.0 Å². The Morgan fingerprint density at radius 3 is 0.872 bits per heavy atom. The molecule has 0 radical (unpaired) electrons. The summed E-state index contributed by atoms with van der Waals surface area (Å²) >= 11 is 0. The van der Waals surface area contributed by atoms with Crippen LogP contribution in [-0.4, -0.2) is 254 Å². The quantitative estimate of drug-likeness (QED) is 0.0155. The second kappa shape index (κ2) is 68.6. The number of aryl methyl sites for hydroxylation is 1. The molecule has 148 heavy (non-hydrogen) atoms. The minimum Gasteiger partial charge on any atom is -0.619 e. The number of aromatic nitrogens is 3. The average molecular weight is 2080 g/mol. The molecule has 39 heteroatoms. The van der Waals surface area contributed by atoms with Crippen LogP contribution in [0.15, 0.2) is 104 Å². The molecule has 3 aromatic heterocycles. The summed E-state index contributed by atoms with van der Waals surface area (Å²) in [5.41, 5.74) is 1.76. The molecule has 0 saturated carbocycles. The third kappa shape index (κ3) is 47.7. The van der Waals surface area contributed by atoms with Crippen molar-refractivity contribution in [2.45, 2.75) is 355 Å². The largest absolute Gasteiger partial charge is 0.619 e. The summed E-state index contributed by atoms with van der Waals surface area (Å²) in [6.45, 7) is 53.9. The van der Waals surface area contributed by atoms with E-state index < -0.39 is 96.1 Å². The van der Waals surface area contributed by atoms with Crippen LogP contribution in [0, 0.1) is 74.8 Å². The molecular weight excluding hydrogens is 1890 g/mol. The van der Waals surface area contributed by atoms with Crippen molar-refractivity contribution in [3.05, 3.63) is 142 Å². The maximum Gasteiger partial charge on any atom is 0.252 e. The molecule has 4 aromatic rings. The lowest BCUT2D eigenvalue weighted by atomic mass is 9.95. The molecule has 0 spiro atoms. The lowest BCUT2D eigenvalue weighted by Gasteiger charge is -2.35. The van der Waals surface area contributed by atoms with Gasteiger partial charge in [-0.25, -0.2) is 0 Å². The summed E-state index contributed by atoms with van der Waals surface area (Å²) in [4.78, 5) is 204. The van der Waals surface area contributed by atoms with E-state index in [4.69, 9.17) is 0 Å². The molecule has 39 nitrogen and oxygen atoms in total. The number of rotatable bonds is 62. The van der Waals surface area contributed by atoms with Gasteiger partial charge in [-0.3, -0.25) is 71.9 Å². The first-order valence-corrected chi connectivity index (χ1v) is 53.2. The van der Waals surface area contributed by atoms with Gasteiger partial charge in [-0.15, -0.1) is 0 Å². The van der Waals surface area contributed by atoms with Gasteiger partial charge in [0.25, 0.3) is 17.7 Å². The van der Waals surface area contributed by atoms with Crippen LogP contribution < -0.4 is 93.9 Å². The summed E-state index contributed by atoms with van der Waals surface area (Å²) in [6.07, 6.45) is 13.8. The van der Waals surface area contributed by atoms with E-state index in [-0.39, 0.29) is 166 Å². The van der Waals surface area contributed by atoms with E-state index in [2.05, 4.69) is 79.8 Å². The van der Waals surface area contributed by atoms with E-state index in [0.717, 1.165) is 5.56 Å². The first kappa shape index (κ1) is 132. The molecule has 4 rings (SSSR count). The van der Waals surface area contributed by atoms with Crippen molar-refractivity contribution in [1.29, 1.82) is 0 Å². The van der Waals surface area contributed by atoms with Crippen molar-refractivity contribution in [3.63, 3.8) is 0 Å². The number of carbonyl (C=O) groups is 15. The molecule has 0 unspecified atom stereocenters. The number of nitrogens with one attached hydrogen (secondary N) is 15. The Kier molecular flexibility index (Phi) is 61.2. The fourth-order valence-corrected chi connectivity index (χ4v) is 16.5. The number of carbonyl (C=O) groups excluding carboxylic acids is 15. The van der Waals surface area contributed by atoms with Crippen LogP contribution in [0.1, 0.15) is 294 Å². The van der Waals surface area contributed by atoms with Crippen molar-refractivity contribution >= 4 is 88.6 Å². The van der Waals surface area contributed by atoms with Gasteiger partial charge in [-0.1, -0.05) is 195 Å². The van der Waals surface area contributed by atoms with Crippen LogP contribution in [0.25, 0.3) is 0 Å². The summed E-state index contributed by atoms with van der Waals surface area (Å²) in [6, 6.07) is 7.93. The normalized spacial score (nSPS) is 14.8. The number of benzene rings is 1. The highest BCUT2D eigenvalue weighted by Gasteiger charge is 2.41. The zero-order valence-electron chi connectivity index (χ0n) is 94.0. The fraction of sp³-hybridized carbons (Fsp3) is 0.670. The van der Waals surface area contributed by atoms with Crippen molar-refractivity contribution < 1.29 is 86.1 Å². The van der Waals surface area contributed by atoms with Gasteiger partial charge in [0, 0.05) is 115 Å². The van der Waals surface area contributed by atoms with Crippen LogP contribution >= 0.6 is 0 Å². The minimum absolute atomic E-state index is 0.0833. The standard InChI is InChI=1S/C39H61N7O6.2C35H61N7O6/c1-10-27(7)34(44-36(48)30-19-21-46(52)22-20-30)39(51)45(9)32(18-17-29-15-13-12-14-16-29)37(49)42-31(23-25(3)4)24-41-28(8)35(47)43-33(26(5)6)38(50)40-11-2;1-12-24(9)30(40-32(44)26-14-16-42(48)17-15-26)35(47)41(11)28(19-22(5)6)33(45)38-27(18-21(3)4)20-37-25(10)31(43)39-29(23(7)8)34(46)36-13-2;1-11-13-29(41(10)35(47)28(15-14-22(3)4)39-32(44)26-16-18-42(48)19-17-26)33(45)38-27(20-23(5)6)21-37-25(9)31(43)40-30(24(7)8)34(46)36-12-2/h12-16,19-22,25-28,31-34,41H,10-11,17-18,23-24H2,1-9H3,(H,40,50)(H,42,49)(H,43,47)(H,44,48);14-17,21-25,27-30,37H,12-13,18-20H2,1-11H3,(H,36,46)(H,38,45)(H,39,43)(H,40,44);16-19,22-25,27-30,37H,11-15,20-21H2,1-10H3,(H,36,46)(H,38,45)(H,39,44)(H,40,43)/t27-,28-,31-,32-,33-,34-;24-,25-,27-,28-,29-,30-;25-,27-,28-,29-,30-/m000/s1. The molecule has 0 fully saturated rings. The summed E-state index contributed by atoms with van der Waals surface area (Å²) in [7, 11) is 4.76. The predicted molar refractivity (Wildman–Crippen MR) is 575 cm³/mol. The van der Waals surface area contributed by atoms with Gasteiger partial charge in [0.05, 0.1) is 34.8 Å². The smallest absolute Gasteiger partial charge is 0.252 e. The van der Waals surface area contributed by atoms with E-state index in [0.29, 0.717) is 124 Å². The number of nitrogens with zero attached hydrogens (tertiary/aromatic N) is 6. The van der Waals surface area contributed by atoms with E-state index in [1.54, 1.807) is 41.9 Å². The van der Waals surface area contributed by atoms with Crippen LogP contribution in [0.3, 0.4) is 0 Å². The Bertz CT molecular complexity index is 4720. The van der Waals surface area contributed by atoms with E-state index >= 15 is 0 Å². The van der Waals surface area contributed by atoms with Crippen molar-refractivity contribution in [1.82, 2.24) is 94.5 Å². The summed E-state index contributed by atoms with van der Waals surface area (Å²) in [5, 5.41) is 78.7. The zero-order valence-corrected chi connectivity index (χ0v) is 94.0. The molecule has 0 saturated heterocycles. The SMILES string of the molecule is CCC[C@@H](C(=O)N[C@H](CN[C@@H](C)C(=O)N[C@H](C(=O)NCC)C(C)C)CC(C)C)N(C)C(=O)[C@H](CCC(C)C)NC(=O)c1cc[n+]([O-])cc1.CCNC(=O)[C@@H](NC(=O)[C@H](C)NC[C@H](CC(C)C)NC(=O)[C@H](CC(C)C)N(C)C(=O)[C@@H](NC(=O)c1cc[n+]([O-])cc1)[C@@H](C)CC)C(C)C.CCNC(=O)[C@@H](NC(=O)[C@H](C)NC[C@H](CC(C)C)NC(=O)[C@H](CCc1ccccc1)N(C)C(=O)[C@@H](NC(=O)c1cc[n+]([O-])cc1)[C@@H](C)CC)C(C)C. The number of amides is 15.